The summed E-state index contributed by atoms with van der Waals surface area (Å²) in [6, 6.07) is 7.02. The molecule has 0 radical (unpaired) electrons. The highest BCUT2D eigenvalue weighted by Gasteiger charge is 2.14. The number of phenols is 2. The van der Waals surface area contributed by atoms with Crippen molar-refractivity contribution in [2.24, 2.45) is 0 Å². The Bertz CT molecular complexity index is 610. The number of rotatable bonds is 4. The smallest absolute Gasteiger partial charge is 0.135 e. The summed E-state index contributed by atoms with van der Waals surface area (Å²) in [5.41, 5.74) is 2.72. The van der Waals surface area contributed by atoms with Crippen molar-refractivity contribution in [2.75, 3.05) is 0 Å². The van der Waals surface area contributed by atoms with Crippen LogP contribution in [0.3, 0.4) is 0 Å². The van der Waals surface area contributed by atoms with Gasteiger partial charge in [-0.05, 0) is 49.2 Å². The first-order valence-electron chi connectivity index (χ1n) is 6.50. The van der Waals surface area contributed by atoms with E-state index in [1.807, 2.05) is 13.8 Å². The maximum Gasteiger partial charge on any atom is 0.135 e. The summed E-state index contributed by atoms with van der Waals surface area (Å²) in [6.45, 7) is 3.25. The van der Waals surface area contributed by atoms with Crippen molar-refractivity contribution in [3.63, 3.8) is 0 Å². The first-order chi connectivity index (χ1) is 9.96. The zero-order chi connectivity index (χ0) is 15.6. The van der Waals surface area contributed by atoms with Crippen LogP contribution in [0.5, 0.6) is 11.5 Å². The van der Waals surface area contributed by atoms with Gasteiger partial charge in [0.2, 0.25) is 0 Å². The lowest BCUT2D eigenvalue weighted by atomic mass is 10.1. The summed E-state index contributed by atoms with van der Waals surface area (Å²) in [5.74, 6) is 0.0270. The van der Waals surface area contributed by atoms with E-state index in [0.717, 1.165) is 11.1 Å². The standard InChI is InChI=1S/C16H18O4S/c1-9-3-11(7-17)15(19)13(5-9)21-14-6-10(2)4-12(8-18)16(14)20/h3-6,17-20H,7-8H2,1-2H3. The summed E-state index contributed by atoms with van der Waals surface area (Å²) in [7, 11) is 0. The van der Waals surface area contributed by atoms with Gasteiger partial charge in [-0.1, -0.05) is 11.8 Å². The Balaban J connectivity index is 2.48. The normalized spacial score (nSPS) is 10.9. The lowest BCUT2D eigenvalue weighted by Crippen LogP contribution is -1.91. The molecule has 0 amide bonds. The lowest BCUT2D eigenvalue weighted by Gasteiger charge is -2.13. The Morgan fingerprint density at radius 3 is 1.48 bits per heavy atom. The van der Waals surface area contributed by atoms with E-state index in [-0.39, 0.29) is 24.7 Å². The average Bonchev–Trinajstić information content (AvgIpc) is 2.45. The molecule has 0 unspecified atom stereocenters. The molecule has 21 heavy (non-hydrogen) atoms. The predicted molar refractivity (Wildman–Crippen MR) is 81.7 cm³/mol. The van der Waals surface area contributed by atoms with Crippen molar-refractivity contribution >= 4 is 11.8 Å². The molecule has 0 saturated carbocycles. The molecule has 0 fully saturated rings. The predicted octanol–water partition coefficient (Wildman–Crippen LogP) is 2.85. The van der Waals surface area contributed by atoms with Gasteiger partial charge >= 0.3 is 0 Å². The van der Waals surface area contributed by atoms with Gasteiger partial charge in [0.25, 0.3) is 0 Å². The Morgan fingerprint density at radius 1 is 0.762 bits per heavy atom. The van der Waals surface area contributed by atoms with E-state index in [2.05, 4.69) is 0 Å². The van der Waals surface area contributed by atoms with Crippen LogP contribution in [0.15, 0.2) is 34.1 Å². The highest BCUT2D eigenvalue weighted by atomic mass is 32.2. The molecule has 5 heteroatoms. The minimum Gasteiger partial charge on any atom is -0.506 e. The van der Waals surface area contributed by atoms with Gasteiger partial charge in [0.15, 0.2) is 0 Å². The molecule has 4 N–H and O–H groups in total. The minimum absolute atomic E-state index is 0.0135. The van der Waals surface area contributed by atoms with E-state index in [4.69, 9.17) is 0 Å². The van der Waals surface area contributed by atoms with Crippen molar-refractivity contribution in [2.45, 2.75) is 36.9 Å². The topological polar surface area (TPSA) is 80.9 Å². The highest BCUT2D eigenvalue weighted by molar-refractivity contribution is 7.99. The largest absolute Gasteiger partial charge is 0.506 e. The van der Waals surface area contributed by atoms with Gasteiger partial charge in [0.05, 0.1) is 23.0 Å². The third kappa shape index (κ3) is 3.32. The molecule has 2 aromatic rings. The molecule has 0 aliphatic heterocycles. The van der Waals surface area contributed by atoms with Crippen molar-refractivity contribution in [3.05, 3.63) is 46.5 Å². The number of hydrogen-bond acceptors (Lipinski definition) is 5. The zero-order valence-electron chi connectivity index (χ0n) is 11.9. The molecule has 0 bridgehead atoms. The first kappa shape index (κ1) is 15.7. The molecule has 0 aliphatic carbocycles. The third-order valence-electron chi connectivity index (χ3n) is 3.16. The maximum absolute atomic E-state index is 10.1. The van der Waals surface area contributed by atoms with Crippen LogP contribution in [0.1, 0.15) is 22.3 Å². The van der Waals surface area contributed by atoms with Gasteiger partial charge in [0.1, 0.15) is 11.5 Å². The van der Waals surface area contributed by atoms with E-state index in [9.17, 15) is 20.4 Å². The zero-order valence-corrected chi connectivity index (χ0v) is 12.7. The van der Waals surface area contributed by atoms with Crippen molar-refractivity contribution < 1.29 is 20.4 Å². The Morgan fingerprint density at radius 2 is 1.14 bits per heavy atom. The molecular weight excluding hydrogens is 288 g/mol. The molecule has 112 valence electrons. The highest BCUT2D eigenvalue weighted by Crippen LogP contribution is 2.42. The van der Waals surface area contributed by atoms with Crippen LogP contribution in [0, 0.1) is 13.8 Å². The fourth-order valence-electron chi connectivity index (χ4n) is 2.15. The van der Waals surface area contributed by atoms with Crippen LogP contribution >= 0.6 is 11.8 Å². The van der Waals surface area contributed by atoms with Gasteiger partial charge in [-0.25, -0.2) is 0 Å². The second-order valence-electron chi connectivity index (χ2n) is 4.96. The van der Waals surface area contributed by atoms with E-state index in [1.165, 1.54) is 11.8 Å². The SMILES string of the molecule is Cc1cc(CO)c(O)c(Sc2cc(C)cc(CO)c2O)c1. The quantitative estimate of drug-likeness (QED) is 0.698. The van der Waals surface area contributed by atoms with Crippen LogP contribution < -0.4 is 0 Å². The van der Waals surface area contributed by atoms with E-state index >= 15 is 0 Å². The second-order valence-corrected chi connectivity index (χ2v) is 6.04. The summed E-state index contributed by atoms with van der Waals surface area (Å²) in [6.07, 6.45) is 0. The molecule has 2 rings (SSSR count). The number of hydrogen-bond donors (Lipinski definition) is 4. The monoisotopic (exact) mass is 306 g/mol. The van der Waals surface area contributed by atoms with Crippen molar-refractivity contribution in [1.82, 2.24) is 0 Å². The molecule has 0 saturated heterocycles. The van der Waals surface area contributed by atoms with E-state index < -0.39 is 0 Å². The molecule has 4 nitrogen and oxygen atoms in total. The van der Waals surface area contributed by atoms with Gasteiger partial charge < -0.3 is 20.4 Å². The maximum atomic E-state index is 10.1. The fraction of sp³-hybridized carbons (Fsp3) is 0.250. The van der Waals surface area contributed by atoms with Gasteiger partial charge in [-0.2, -0.15) is 0 Å². The Labute approximate surface area is 127 Å². The molecule has 0 aromatic heterocycles. The number of aryl methyl sites for hydroxylation is 2. The fourth-order valence-corrected chi connectivity index (χ4v) is 3.33. The second kappa shape index (κ2) is 6.39. The van der Waals surface area contributed by atoms with Crippen LogP contribution in [-0.2, 0) is 13.2 Å². The number of benzene rings is 2. The van der Waals surface area contributed by atoms with Crippen molar-refractivity contribution in [1.29, 1.82) is 0 Å². The number of aliphatic hydroxyl groups excluding tert-OH is 2. The summed E-state index contributed by atoms with van der Waals surface area (Å²) in [4.78, 5) is 1.12. The molecule has 0 heterocycles. The summed E-state index contributed by atoms with van der Waals surface area (Å²) in [5, 5.41) is 38.8. The molecule has 0 spiro atoms. The van der Waals surface area contributed by atoms with Crippen LogP contribution in [-0.4, -0.2) is 20.4 Å². The third-order valence-corrected chi connectivity index (χ3v) is 4.22. The Kier molecular flexibility index (Phi) is 4.77. The van der Waals surface area contributed by atoms with Crippen molar-refractivity contribution in [3.8, 4) is 11.5 Å². The molecule has 0 aliphatic rings. The van der Waals surface area contributed by atoms with Gasteiger partial charge in [-0.15, -0.1) is 0 Å². The lowest BCUT2D eigenvalue weighted by molar-refractivity contribution is 0.274. The van der Waals surface area contributed by atoms with Crippen LogP contribution in [0.25, 0.3) is 0 Å². The molecular formula is C16H18O4S. The summed E-state index contributed by atoms with van der Waals surface area (Å²) < 4.78 is 0. The van der Waals surface area contributed by atoms with Crippen LogP contribution in [0.4, 0.5) is 0 Å². The van der Waals surface area contributed by atoms with E-state index in [0.29, 0.717) is 20.9 Å². The molecule has 0 atom stereocenters. The van der Waals surface area contributed by atoms with E-state index in [1.54, 1.807) is 24.3 Å². The van der Waals surface area contributed by atoms with Crippen LogP contribution in [0.2, 0.25) is 0 Å². The molecule has 2 aromatic carbocycles. The number of aliphatic hydroxyl groups is 2. The first-order valence-corrected chi connectivity index (χ1v) is 7.32. The Hall–Kier alpha value is -1.69. The average molecular weight is 306 g/mol. The van der Waals surface area contributed by atoms with Gasteiger partial charge in [0, 0.05) is 11.1 Å². The number of aromatic hydroxyl groups is 2. The van der Waals surface area contributed by atoms with Gasteiger partial charge in [-0.3, -0.25) is 0 Å². The minimum atomic E-state index is -0.247. The summed E-state index contributed by atoms with van der Waals surface area (Å²) >= 11 is 1.21.